The molecule has 1 N–H and O–H groups in total. The maximum atomic E-state index is 5.96. The quantitative estimate of drug-likeness (QED) is 0.851. The zero-order chi connectivity index (χ0) is 15.1. The van der Waals surface area contributed by atoms with Crippen LogP contribution in [0, 0.1) is 0 Å². The van der Waals surface area contributed by atoms with E-state index in [1.165, 1.54) is 11.9 Å². The normalized spacial score (nSPS) is 12.1. The van der Waals surface area contributed by atoms with Crippen molar-refractivity contribution in [2.24, 2.45) is 0 Å². The molecule has 0 aliphatic heterocycles. The van der Waals surface area contributed by atoms with Gasteiger partial charge in [0.2, 0.25) is 5.88 Å². The molecule has 1 atom stereocenters. The standard InChI is InChI=1S/C16H20ClN3O/c1-3-8-18-15(12-4-6-13(17)7-5-12)9-14-10-16(21-2)20-11-19-14/h4-7,10-11,15,18H,3,8-9H2,1-2H3. The van der Waals surface area contributed by atoms with Crippen molar-refractivity contribution < 1.29 is 4.74 Å². The van der Waals surface area contributed by atoms with Crippen LogP contribution in [0.4, 0.5) is 0 Å². The van der Waals surface area contributed by atoms with Gasteiger partial charge >= 0.3 is 0 Å². The molecule has 1 aromatic carbocycles. The fourth-order valence-electron chi connectivity index (χ4n) is 2.13. The van der Waals surface area contributed by atoms with Gasteiger partial charge in [-0.2, -0.15) is 0 Å². The van der Waals surface area contributed by atoms with E-state index in [4.69, 9.17) is 16.3 Å². The number of halogens is 1. The van der Waals surface area contributed by atoms with Gasteiger partial charge in [-0.25, -0.2) is 9.97 Å². The Balaban J connectivity index is 2.17. The van der Waals surface area contributed by atoms with Crippen molar-refractivity contribution in [3.63, 3.8) is 0 Å². The molecule has 0 bridgehead atoms. The Hall–Kier alpha value is -1.65. The maximum Gasteiger partial charge on any atom is 0.216 e. The highest BCUT2D eigenvalue weighted by Crippen LogP contribution is 2.21. The summed E-state index contributed by atoms with van der Waals surface area (Å²) in [6.07, 6.45) is 3.39. The Bertz CT molecular complexity index is 560. The van der Waals surface area contributed by atoms with Crippen LogP contribution >= 0.6 is 11.6 Å². The van der Waals surface area contributed by atoms with Gasteiger partial charge < -0.3 is 10.1 Å². The number of rotatable bonds is 7. The molecule has 0 aliphatic rings. The minimum atomic E-state index is 0.196. The molecular formula is C16H20ClN3O. The predicted octanol–water partition coefficient (Wildman–Crippen LogP) is 3.42. The first kappa shape index (κ1) is 15.7. The van der Waals surface area contributed by atoms with Crippen LogP contribution in [0.1, 0.15) is 30.6 Å². The van der Waals surface area contributed by atoms with E-state index in [1.54, 1.807) is 7.11 Å². The first-order chi connectivity index (χ1) is 10.2. The molecule has 1 aromatic heterocycles. The largest absolute Gasteiger partial charge is 0.481 e. The Morgan fingerprint density at radius 2 is 2.00 bits per heavy atom. The van der Waals surface area contributed by atoms with Crippen LogP contribution in [0.2, 0.25) is 5.02 Å². The summed E-state index contributed by atoms with van der Waals surface area (Å²) < 4.78 is 5.15. The molecule has 0 saturated heterocycles. The average Bonchev–Trinajstić information content (AvgIpc) is 2.52. The van der Waals surface area contributed by atoms with E-state index in [-0.39, 0.29) is 6.04 Å². The summed E-state index contributed by atoms with van der Waals surface area (Å²) >= 11 is 5.96. The highest BCUT2D eigenvalue weighted by molar-refractivity contribution is 6.30. The lowest BCUT2D eigenvalue weighted by Crippen LogP contribution is -2.24. The fraction of sp³-hybridized carbons (Fsp3) is 0.375. The molecule has 112 valence electrons. The number of nitrogens with zero attached hydrogens (tertiary/aromatic N) is 2. The van der Waals surface area contributed by atoms with Crippen LogP contribution in [0.15, 0.2) is 36.7 Å². The van der Waals surface area contributed by atoms with Crippen molar-refractivity contribution >= 4 is 11.6 Å². The van der Waals surface area contributed by atoms with E-state index in [0.717, 1.165) is 30.1 Å². The van der Waals surface area contributed by atoms with Crippen molar-refractivity contribution in [2.45, 2.75) is 25.8 Å². The maximum absolute atomic E-state index is 5.96. The molecule has 2 rings (SSSR count). The topological polar surface area (TPSA) is 47.0 Å². The SMILES string of the molecule is CCCNC(Cc1cc(OC)ncn1)c1ccc(Cl)cc1. The van der Waals surface area contributed by atoms with Crippen molar-refractivity contribution in [1.29, 1.82) is 0 Å². The molecule has 2 aromatic rings. The number of hydrogen-bond acceptors (Lipinski definition) is 4. The molecule has 0 amide bonds. The van der Waals surface area contributed by atoms with Gasteiger partial charge in [0.15, 0.2) is 0 Å². The van der Waals surface area contributed by atoms with Crippen LogP contribution in [-0.4, -0.2) is 23.6 Å². The van der Waals surface area contributed by atoms with Gasteiger partial charge in [-0.05, 0) is 30.7 Å². The summed E-state index contributed by atoms with van der Waals surface area (Å²) in [7, 11) is 1.61. The number of aromatic nitrogens is 2. The van der Waals surface area contributed by atoms with Gasteiger partial charge in [-0.1, -0.05) is 30.7 Å². The Kier molecular flexibility index (Phi) is 5.96. The van der Waals surface area contributed by atoms with Crippen molar-refractivity contribution in [1.82, 2.24) is 15.3 Å². The summed E-state index contributed by atoms with van der Waals surface area (Å²) in [5.41, 5.74) is 2.15. The fourth-order valence-corrected chi connectivity index (χ4v) is 2.26. The van der Waals surface area contributed by atoms with Gasteiger partial charge in [0.25, 0.3) is 0 Å². The second-order valence-corrected chi connectivity index (χ2v) is 5.25. The van der Waals surface area contributed by atoms with Crippen LogP contribution in [0.5, 0.6) is 5.88 Å². The molecule has 0 fully saturated rings. The average molecular weight is 306 g/mol. The molecule has 1 heterocycles. The van der Waals surface area contributed by atoms with E-state index < -0.39 is 0 Å². The first-order valence-corrected chi connectivity index (χ1v) is 7.44. The lowest BCUT2D eigenvalue weighted by Gasteiger charge is -2.19. The van der Waals surface area contributed by atoms with Crippen LogP contribution < -0.4 is 10.1 Å². The van der Waals surface area contributed by atoms with Gasteiger partial charge in [0.1, 0.15) is 6.33 Å². The Morgan fingerprint density at radius 3 is 2.67 bits per heavy atom. The second-order valence-electron chi connectivity index (χ2n) is 4.81. The molecule has 5 heteroatoms. The van der Waals surface area contributed by atoms with Crippen molar-refractivity contribution in [2.75, 3.05) is 13.7 Å². The number of benzene rings is 1. The molecule has 1 unspecified atom stereocenters. The Morgan fingerprint density at radius 1 is 1.24 bits per heavy atom. The van der Waals surface area contributed by atoms with Crippen LogP contribution in [0.3, 0.4) is 0 Å². The smallest absolute Gasteiger partial charge is 0.216 e. The molecule has 0 spiro atoms. The third-order valence-corrected chi connectivity index (χ3v) is 3.49. The van der Waals surface area contributed by atoms with E-state index in [1.807, 2.05) is 30.3 Å². The molecule has 0 radical (unpaired) electrons. The summed E-state index contributed by atoms with van der Waals surface area (Å²) in [6, 6.07) is 10.00. The van der Waals surface area contributed by atoms with E-state index in [9.17, 15) is 0 Å². The zero-order valence-electron chi connectivity index (χ0n) is 12.3. The zero-order valence-corrected chi connectivity index (χ0v) is 13.1. The lowest BCUT2D eigenvalue weighted by atomic mass is 10.0. The minimum absolute atomic E-state index is 0.196. The van der Waals surface area contributed by atoms with Crippen LogP contribution in [-0.2, 0) is 6.42 Å². The summed E-state index contributed by atoms with van der Waals surface area (Å²) in [5, 5.41) is 4.29. The lowest BCUT2D eigenvalue weighted by molar-refractivity contribution is 0.395. The predicted molar refractivity (Wildman–Crippen MR) is 84.8 cm³/mol. The second kappa shape index (κ2) is 7.96. The van der Waals surface area contributed by atoms with Gasteiger partial charge in [0, 0.05) is 29.2 Å². The Labute approximate surface area is 130 Å². The van der Waals surface area contributed by atoms with E-state index in [0.29, 0.717) is 5.88 Å². The molecule has 0 aliphatic carbocycles. The molecular weight excluding hydrogens is 286 g/mol. The minimum Gasteiger partial charge on any atom is -0.481 e. The highest BCUT2D eigenvalue weighted by atomic mass is 35.5. The molecule has 0 saturated carbocycles. The third-order valence-electron chi connectivity index (χ3n) is 3.23. The van der Waals surface area contributed by atoms with E-state index in [2.05, 4.69) is 22.2 Å². The number of nitrogens with one attached hydrogen (secondary N) is 1. The van der Waals surface area contributed by atoms with Gasteiger partial charge in [-0.15, -0.1) is 0 Å². The molecule has 4 nitrogen and oxygen atoms in total. The van der Waals surface area contributed by atoms with Crippen molar-refractivity contribution in [3.05, 3.63) is 52.9 Å². The van der Waals surface area contributed by atoms with Crippen LogP contribution in [0.25, 0.3) is 0 Å². The highest BCUT2D eigenvalue weighted by Gasteiger charge is 2.13. The van der Waals surface area contributed by atoms with Gasteiger partial charge in [-0.3, -0.25) is 0 Å². The summed E-state index contributed by atoms with van der Waals surface area (Å²) in [5.74, 6) is 0.588. The molecule has 21 heavy (non-hydrogen) atoms. The third kappa shape index (κ3) is 4.69. The monoisotopic (exact) mass is 305 g/mol. The van der Waals surface area contributed by atoms with Crippen molar-refractivity contribution in [3.8, 4) is 5.88 Å². The number of ether oxygens (including phenoxy) is 1. The summed E-state index contributed by atoms with van der Waals surface area (Å²) in [4.78, 5) is 8.36. The number of methoxy groups -OCH3 is 1. The number of hydrogen-bond donors (Lipinski definition) is 1. The van der Waals surface area contributed by atoms with Gasteiger partial charge in [0.05, 0.1) is 7.11 Å². The first-order valence-electron chi connectivity index (χ1n) is 7.06. The summed E-state index contributed by atoms with van der Waals surface area (Å²) in [6.45, 7) is 3.11. The van der Waals surface area contributed by atoms with E-state index >= 15 is 0 Å².